The molecule has 1 saturated heterocycles. The lowest BCUT2D eigenvalue weighted by Crippen LogP contribution is -2.62. The highest BCUT2D eigenvalue weighted by Crippen LogP contribution is 2.48. The summed E-state index contributed by atoms with van der Waals surface area (Å²) >= 11 is 0. The second-order valence-corrected chi connectivity index (χ2v) is 10.8. The quantitative estimate of drug-likeness (QED) is 0.578. The van der Waals surface area contributed by atoms with Crippen LogP contribution in [0.1, 0.15) is 60.8 Å². The maximum atomic E-state index is 13.0. The molecule has 0 bridgehead atoms. The highest BCUT2D eigenvalue weighted by molar-refractivity contribution is 7.90. The minimum absolute atomic E-state index is 0.0831. The van der Waals surface area contributed by atoms with Crippen molar-refractivity contribution in [3.8, 4) is 11.8 Å². The van der Waals surface area contributed by atoms with E-state index >= 15 is 0 Å². The number of aryl methyl sites for hydroxylation is 2. The molecule has 2 aliphatic carbocycles. The molecular weight excluding hydrogens is 374 g/mol. The zero-order valence-electron chi connectivity index (χ0n) is 16.5. The molecule has 1 spiro atoms. The Morgan fingerprint density at radius 3 is 2.04 bits per heavy atom. The van der Waals surface area contributed by atoms with Crippen molar-refractivity contribution in [2.24, 2.45) is 5.41 Å². The Kier molecular flexibility index (Phi) is 4.52. The minimum Gasteiger partial charge on any atom is -0.298 e. The molecule has 1 aliphatic heterocycles. The van der Waals surface area contributed by atoms with Gasteiger partial charge in [0.05, 0.1) is 5.25 Å². The van der Waals surface area contributed by atoms with Gasteiger partial charge in [-0.3, -0.25) is 9.59 Å². The fourth-order valence-corrected chi connectivity index (χ4v) is 6.90. The molecule has 0 atom stereocenters. The van der Waals surface area contributed by atoms with Crippen LogP contribution in [0.15, 0.2) is 12.1 Å². The first-order valence-electron chi connectivity index (χ1n) is 9.75. The van der Waals surface area contributed by atoms with Crippen LogP contribution in [0.25, 0.3) is 0 Å². The number of carbonyl (C=O) groups is 2. The van der Waals surface area contributed by atoms with E-state index in [4.69, 9.17) is 0 Å². The first kappa shape index (κ1) is 19.4. The summed E-state index contributed by atoms with van der Waals surface area (Å²) in [4.78, 5) is 26.0. The predicted octanol–water partition coefficient (Wildman–Crippen LogP) is 2.48. The zero-order chi connectivity index (χ0) is 20.3. The van der Waals surface area contributed by atoms with E-state index in [9.17, 15) is 18.0 Å². The SMILES string of the molecule is CC#Cc1cc(C)c(C2C(=O)CC3(CC2=O)CN(S(=O)(=O)C2CC2)C3)c(C)c1. The Morgan fingerprint density at radius 2 is 1.57 bits per heavy atom. The average Bonchev–Trinajstić information content (AvgIpc) is 3.40. The van der Waals surface area contributed by atoms with Gasteiger partial charge in [-0.1, -0.05) is 5.92 Å². The van der Waals surface area contributed by atoms with Crippen molar-refractivity contribution in [1.29, 1.82) is 0 Å². The zero-order valence-corrected chi connectivity index (χ0v) is 17.4. The van der Waals surface area contributed by atoms with Crippen molar-refractivity contribution in [2.75, 3.05) is 13.1 Å². The van der Waals surface area contributed by atoms with Crippen LogP contribution >= 0.6 is 0 Å². The second kappa shape index (κ2) is 6.53. The highest BCUT2D eigenvalue weighted by atomic mass is 32.2. The van der Waals surface area contributed by atoms with Crippen LogP contribution in [-0.4, -0.2) is 42.6 Å². The van der Waals surface area contributed by atoms with Crippen LogP contribution in [-0.2, 0) is 19.6 Å². The lowest BCUT2D eigenvalue weighted by molar-refractivity contribution is -0.140. The number of nitrogens with zero attached hydrogens (tertiary/aromatic N) is 1. The number of rotatable bonds is 3. The van der Waals surface area contributed by atoms with E-state index in [2.05, 4.69) is 11.8 Å². The molecule has 1 heterocycles. The molecule has 0 aromatic heterocycles. The Labute approximate surface area is 166 Å². The van der Waals surface area contributed by atoms with Gasteiger partial charge in [-0.25, -0.2) is 12.7 Å². The predicted molar refractivity (Wildman–Crippen MR) is 106 cm³/mol. The van der Waals surface area contributed by atoms with Gasteiger partial charge in [0.25, 0.3) is 0 Å². The van der Waals surface area contributed by atoms with Gasteiger partial charge >= 0.3 is 0 Å². The van der Waals surface area contributed by atoms with Gasteiger partial charge in [0.1, 0.15) is 17.5 Å². The third kappa shape index (κ3) is 3.11. The lowest BCUT2D eigenvalue weighted by Gasteiger charge is -2.51. The van der Waals surface area contributed by atoms with E-state index in [-0.39, 0.29) is 29.7 Å². The van der Waals surface area contributed by atoms with Crippen molar-refractivity contribution < 1.29 is 18.0 Å². The highest BCUT2D eigenvalue weighted by Gasteiger charge is 2.57. The monoisotopic (exact) mass is 399 g/mol. The number of hydrogen-bond acceptors (Lipinski definition) is 4. The van der Waals surface area contributed by atoms with E-state index in [0.717, 1.165) is 35.1 Å². The Morgan fingerprint density at radius 1 is 1.04 bits per heavy atom. The van der Waals surface area contributed by atoms with Gasteiger partial charge in [0, 0.05) is 36.9 Å². The maximum Gasteiger partial charge on any atom is 0.217 e. The summed E-state index contributed by atoms with van der Waals surface area (Å²) in [5.74, 6) is 5.00. The summed E-state index contributed by atoms with van der Waals surface area (Å²) in [5, 5.41) is -0.248. The summed E-state index contributed by atoms with van der Waals surface area (Å²) in [7, 11) is -3.23. The molecule has 3 aliphatic rings. The normalized spacial score (nSPS) is 22.7. The number of ketones is 2. The fourth-order valence-electron chi connectivity index (χ4n) is 4.84. The third-order valence-electron chi connectivity index (χ3n) is 6.22. The molecule has 0 unspecified atom stereocenters. The van der Waals surface area contributed by atoms with Crippen LogP contribution in [0, 0.1) is 31.1 Å². The molecule has 6 heteroatoms. The molecule has 2 saturated carbocycles. The van der Waals surface area contributed by atoms with Crippen LogP contribution in [0.5, 0.6) is 0 Å². The van der Waals surface area contributed by atoms with Crippen molar-refractivity contribution in [2.45, 2.75) is 57.6 Å². The summed E-state index contributed by atoms with van der Waals surface area (Å²) in [6, 6.07) is 3.86. The summed E-state index contributed by atoms with van der Waals surface area (Å²) < 4.78 is 26.2. The van der Waals surface area contributed by atoms with Crippen molar-refractivity contribution in [1.82, 2.24) is 4.31 Å². The van der Waals surface area contributed by atoms with Gasteiger partial charge in [-0.15, -0.1) is 5.92 Å². The van der Waals surface area contributed by atoms with Gasteiger partial charge < -0.3 is 0 Å². The van der Waals surface area contributed by atoms with Gasteiger partial charge in [-0.05, 0) is 62.4 Å². The molecule has 5 nitrogen and oxygen atoms in total. The van der Waals surface area contributed by atoms with E-state index in [1.54, 1.807) is 6.92 Å². The number of carbonyl (C=O) groups excluding carboxylic acids is 2. The van der Waals surface area contributed by atoms with Crippen molar-refractivity contribution in [3.05, 3.63) is 34.4 Å². The molecule has 4 rings (SSSR count). The minimum atomic E-state index is -3.23. The molecule has 0 N–H and O–H groups in total. The first-order chi connectivity index (χ1) is 13.2. The molecule has 28 heavy (non-hydrogen) atoms. The van der Waals surface area contributed by atoms with E-state index in [0.29, 0.717) is 13.1 Å². The maximum absolute atomic E-state index is 13.0. The number of Topliss-reactive ketones (excluding diaryl/α,β-unsaturated/α-hetero) is 2. The van der Waals surface area contributed by atoms with Crippen LogP contribution in [0.3, 0.4) is 0 Å². The van der Waals surface area contributed by atoms with Crippen LogP contribution < -0.4 is 0 Å². The van der Waals surface area contributed by atoms with Crippen molar-refractivity contribution in [3.63, 3.8) is 0 Å². The van der Waals surface area contributed by atoms with Gasteiger partial charge in [0.15, 0.2) is 0 Å². The Balaban J connectivity index is 1.55. The standard InChI is InChI=1S/C22H25NO4S/c1-4-5-16-8-14(2)20(15(3)9-16)21-18(24)10-22(11-19(21)25)12-23(13-22)28(26,27)17-6-7-17/h8-9,17,21H,6-7,10-13H2,1-3H3. The van der Waals surface area contributed by atoms with Gasteiger partial charge in [-0.2, -0.15) is 0 Å². The second-order valence-electron chi connectivity index (χ2n) is 8.63. The third-order valence-corrected chi connectivity index (χ3v) is 8.52. The lowest BCUT2D eigenvalue weighted by atomic mass is 9.63. The Bertz CT molecular complexity index is 991. The molecule has 0 radical (unpaired) electrons. The summed E-state index contributed by atoms with van der Waals surface area (Å²) in [5.41, 5.74) is 3.00. The Hall–Kier alpha value is -1.97. The number of sulfonamides is 1. The molecular formula is C22H25NO4S. The summed E-state index contributed by atoms with van der Waals surface area (Å²) in [6.07, 6.45) is 2.00. The number of benzene rings is 1. The average molecular weight is 400 g/mol. The smallest absolute Gasteiger partial charge is 0.217 e. The molecule has 148 valence electrons. The van der Waals surface area contributed by atoms with Gasteiger partial charge in [0.2, 0.25) is 10.0 Å². The van der Waals surface area contributed by atoms with E-state index in [1.165, 1.54) is 4.31 Å². The molecule has 1 aromatic carbocycles. The van der Waals surface area contributed by atoms with E-state index in [1.807, 2.05) is 26.0 Å². The van der Waals surface area contributed by atoms with E-state index < -0.39 is 21.4 Å². The first-order valence-corrected chi connectivity index (χ1v) is 11.3. The molecule has 1 aromatic rings. The van der Waals surface area contributed by atoms with Crippen LogP contribution in [0.2, 0.25) is 0 Å². The largest absolute Gasteiger partial charge is 0.298 e. The van der Waals surface area contributed by atoms with Crippen LogP contribution in [0.4, 0.5) is 0 Å². The summed E-state index contributed by atoms with van der Waals surface area (Å²) in [6.45, 7) is 6.22. The topological polar surface area (TPSA) is 71.5 Å². The molecule has 3 fully saturated rings. The molecule has 0 amide bonds. The fraction of sp³-hybridized carbons (Fsp3) is 0.545. The van der Waals surface area contributed by atoms with Crippen molar-refractivity contribution >= 4 is 21.6 Å². The number of hydrogen-bond donors (Lipinski definition) is 0.